The maximum absolute atomic E-state index is 4.76. The second kappa shape index (κ2) is 12.3. The summed E-state index contributed by atoms with van der Waals surface area (Å²) in [5, 5.41) is 9.95. The molecule has 0 spiro atoms. The third-order valence-electron chi connectivity index (χ3n) is 3.92. The van der Waals surface area contributed by atoms with Crippen molar-refractivity contribution < 1.29 is 0 Å². The van der Waals surface area contributed by atoms with Gasteiger partial charge in [-0.05, 0) is 38.1 Å². The lowest BCUT2D eigenvalue weighted by Gasteiger charge is -2.14. The number of halogens is 1. The van der Waals surface area contributed by atoms with Gasteiger partial charge in [-0.2, -0.15) is 0 Å². The normalized spacial score (nSPS) is 11.6. The lowest BCUT2D eigenvalue weighted by molar-refractivity contribution is 0.401. The highest BCUT2D eigenvalue weighted by molar-refractivity contribution is 14.0. The van der Waals surface area contributed by atoms with Crippen molar-refractivity contribution in [2.75, 3.05) is 20.6 Å². The number of nitrogens with zero attached hydrogens (tertiary/aromatic N) is 3. The Kier molecular flexibility index (Phi) is 10.9. The molecule has 0 saturated carbocycles. The van der Waals surface area contributed by atoms with E-state index in [1.54, 1.807) is 11.3 Å². The van der Waals surface area contributed by atoms with Crippen molar-refractivity contribution in [3.63, 3.8) is 0 Å². The van der Waals surface area contributed by atoms with Crippen LogP contribution in [0.5, 0.6) is 0 Å². The smallest absolute Gasteiger partial charge is 0.191 e. The molecule has 2 N–H and O–H groups in total. The van der Waals surface area contributed by atoms with E-state index >= 15 is 0 Å². The number of benzene rings is 1. The van der Waals surface area contributed by atoms with E-state index in [0.717, 1.165) is 29.8 Å². The molecule has 2 rings (SSSR count). The first-order valence-electron chi connectivity index (χ1n) is 9.17. The summed E-state index contributed by atoms with van der Waals surface area (Å²) in [5.41, 5.74) is 3.74. The molecule has 0 radical (unpaired) electrons. The van der Waals surface area contributed by atoms with Crippen LogP contribution in [-0.2, 0) is 19.6 Å². The Balaban J connectivity index is 0.00000364. The summed E-state index contributed by atoms with van der Waals surface area (Å²) in [6.45, 7) is 9.54. The minimum absolute atomic E-state index is 0. The topological polar surface area (TPSA) is 52.6 Å². The second-order valence-corrected chi connectivity index (χ2v) is 7.82. The zero-order chi connectivity index (χ0) is 18.9. The van der Waals surface area contributed by atoms with E-state index in [1.807, 2.05) is 0 Å². The molecule has 0 aliphatic heterocycles. The van der Waals surface area contributed by atoms with Gasteiger partial charge >= 0.3 is 0 Å². The third-order valence-corrected chi connectivity index (χ3v) is 4.79. The fourth-order valence-electron chi connectivity index (χ4n) is 2.54. The molecule has 5 nitrogen and oxygen atoms in total. The summed E-state index contributed by atoms with van der Waals surface area (Å²) < 4.78 is 0. The first-order valence-corrected chi connectivity index (χ1v) is 10.1. The molecule has 0 unspecified atom stereocenters. The largest absolute Gasteiger partial charge is 0.357 e. The zero-order valence-corrected chi connectivity index (χ0v) is 20.1. The first kappa shape index (κ1) is 23.8. The standard InChI is InChI=1S/C20H31N5S.HI/c1-6-21-20(23-12-19-24-18(14-26-19)15(2)3)22-11-16-9-7-8-10-17(16)13-25(4)5;/h7-10,14-15H,6,11-13H2,1-5H3,(H2,21,22,23);1H. The Morgan fingerprint density at radius 2 is 1.89 bits per heavy atom. The van der Waals surface area contributed by atoms with Crippen LogP contribution in [0.15, 0.2) is 34.6 Å². The molecule has 2 aromatic rings. The van der Waals surface area contributed by atoms with Crippen LogP contribution < -0.4 is 10.6 Å². The van der Waals surface area contributed by atoms with Crippen LogP contribution in [0.25, 0.3) is 0 Å². The Labute approximate surface area is 184 Å². The number of thiazole rings is 1. The quantitative estimate of drug-likeness (QED) is 0.324. The van der Waals surface area contributed by atoms with Crippen molar-refractivity contribution in [1.82, 2.24) is 20.5 Å². The summed E-state index contributed by atoms with van der Waals surface area (Å²) in [6.07, 6.45) is 0. The van der Waals surface area contributed by atoms with E-state index in [9.17, 15) is 0 Å². The highest BCUT2D eigenvalue weighted by Crippen LogP contribution is 2.17. The van der Waals surface area contributed by atoms with Gasteiger partial charge in [-0.25, -0.2) is 9.98 Å². The van der Waals surface area contributed by atoms with Crippen LogP contribution in [0.2, 0.25) is 0 Å². The van der Waals surface area contributed by atoms with Gasteiger partial charge in [-0.3, -0.25) is 0 Å². The molecule has 1 heterocycles. The fraction of sp³-hybridized carbons (Fsp3) is 0.500. The van der Waals surface area contributed by atoms with Crippen molar-refractivity contribution >= 4 is 41.3 Å². The average molecular weight is 501 g/mol. The number of nitrogens with one attached hydrogen (secondary N) is 2. The predicted molar refractivity (Wildman–Crippen MR) is 127 cm³/mol. The van der Waals surface area contributed by atoms with E-state index < -0.39 is 0 Å². The third kappa shape index (κ3) is 8.15. The highest BCUT2D eigenvalue weighted by atomic mass is 127. The number of guanidine groups is 1. The van der Waals surface area contributed by atoms with Gasteiger partial charge in [-0.1, -0.05) is 38.1 Å². The molecule has 0 atom stereocenters. The van der Waals surface area contributed by atoms with Gasteiger partial charge in [0.2, 0.25) is 0 Å². The van der Waals surface area contributed by atoms with Crippen molar-refractivity contribution in [2.45, 2.75) is 46.3 Å². The Morgan fingerprint density at radius 3 is 2.48 bits per heavy atom. The number of hydrogen-bond acceptors (Lipinski definition) is 4. The molecule has 150 valence electrons. The molecule has 0 saturated heterocycles. The minimum Gasteiger partial charge on any atom is -0.357 e. The lowest BCUT2D eigenvalue weighted by atomic mass is 10.1. The van der Waals surface area contributed by atoms with Crippen LogP contribution in [-0.4, -0.2) is 36.5 Å². The van der Waals surface area contributed by atoms with E-state index in [1.165, 1.54) is 11.1 Å². The number of rotatable bonds is 8. The number of aliphatic imine (C=N–C) groups is 1. The average Bonchev–Trinajstić information content (AvgIpc) is 3.07. The van der Waals surface area contributed by atoms with Crippen LogP contribution in [0.3, 0.4) is 0 Å². The molecule has 7 heteroatoms. The van der Waals surface area contributed by atoms with Crippen molar-refractivity contribution in [1.29, 1.82) is 0 Å². The minimum atomic E-state index is 0. The summed E-state index contributed by atoms with van der Waals surface area (Å²) in [6, 6.07) is 8.49. The molecule has 27 heavy (non-hydrogen) atoms. The second-order valence-electron chi connectivity index (χ2n) is 6.88. The van der Waals surface area contributed by atoms with E-state index in [2.05, 4.69) is 85.0 Å². The van der Waals surface area contributed by atoms with Crippen LogP contribution >= 0.6 is 35.3 Å². The molecular weight excluding hydrogens is 469 g/mol. The predicted octanol–water partition coefficient (Wildman–Crippen LogP) is 4.20. The summed E-state index contributed by atoms with van der Waals surface area (Å²) in [5.74, 6) is 1.29. The maximum atomic E-state index is 4.76. The first-order chi connectivity index (χ1) is 12.5. The van der Waals surface area contributed by atoms with Crippen molar-refractivity contribution in [2.24, 2.45) is 4.99 Å². The number of hydrogen-bond donors (Lipinski definition) is 2. The Hall–Kier alpha value is -1.19. The van der Waals surface area contributed by atoms with Gasteiger partial charge in [0.05, 0.1) is 18.8 Å². The molecule has 0 aliphatic carbocycles. The van der Waals surface area contributed by atoms with Crippen LogP contribution in [0, 0.1) is 0 Å². The lowest BCUT2D eigenvalue weighted by Crippen LogP contribution is -2.36. The zero-order valence-electron chi connectivity index (χ0n) is 17.0. The van der Waals surface area contributed by atoms with E-state index in [0.29, 0.717) is 19.0 Å². The molecule has 0 amide bonds. The molecule has 1 aromatic carbocycles. The van der Waals surface area contributed by atoms with Gasteiger partial charge in [0, 0.05) is 18.5 Å². The van der Waals surface area contributed by atoms with E-state index in [-0.39, 0.29) is 24.0 Å². The molecule has 0 aliphatic rings. The van der Waals surface area contributed by atoms with Gasteiger partial charge < -0.3 is 15.5 Å². The fourth-order valence-corrected chi connectivity index (χ4v) is 3.44. The van der Waals surface area contributed by atoms with Gasteiger partial charge in [-0.15, -0.1) is 35.3 Å². The van der Waals surface area contributed by atoms with Crippen molar-refractivity contribution in [3.8, 4) is 0 Å². The van der Waals surface area contributed by atoms with Gasteiger partial charge in [0.15, 0.2) is 5.96 Å². The molecule has 0 bridgehead atoms. The summed E-state index contributed by atoms with van der Waals surface area (Å²) >= 11 is 1.70. The SMILES string of the molecule is CCNC(=NCc1ccccc1CN(C)C)NCc1nc(C(C)C)cs1.I. The molecule has 0 fully saturated rings. The van der Waals surface area contributed by atoms with Gasteiger partial charge in [0.25, 0.3) is 0 Å². The Bertz CT molecular complexity index is 712. The van der Waals surface area contributed by atoms with Gasteiger partial charge in [0.1, 0.15) is 5.01 Å². The summed E-state index contributed by atoms with van der Waals surface area (Å²) in [4.78, 5) is 11.6. The molecule has 1 aromatic heterocycles. The summed E-state index contributed by atoms with van der Waals surface area (Å²) in [7, 11) is 4.18. The van der Waals surface area contributed by atoms with E-state index in [4.69, 9.17) is 4.99 Å². The van der Waals surface area contributed by atoms with Crippen molar-refractivity contribution in [3.05, 3.63) is 51.5 Å². The molecular formula is C20H32IN5S. The highest BCUT2D eigenvalue weighted by Gasteiger charge is 2.07. The van der Waals surface area contributed by atoms with Crippen LogP contribution in [0.4, 0.5) is 0 Å². The number of aromatic nitrogens is 1. The monoisotopic (exact) mass is 501 g/mol. The Morgan fingerprint density at radius 1 is 1.19 bits per heavy atom. The van der Waals surface area contributed by atoms with Crippen LogP contribution in [0.1, 0.15) is 48.5 Å². The maximum Gasteiger partial charge on any atom is 0.191 e.